The Kier molecular flexibility index (Phi) is 6.17. The molecule has 3 aromatic heterocycles. The number of nitrogens with two attached hydrogens (primary N) is 1. The first-order valence-electron chi connectivity index (χ1n) is 9.33. The van der Waals surface area contributed by atoms with Crippen LogP contribution in [0, 0.1) is 0 Å². The summed E-state index contributed by atoms with van der Waals surface area (Å²) in [4.78, 5) is 9.96. The van der Waals surface area contributed by atoms with E-state index in [9.17, 15) is 9.66 Å². The topological polar surface area (TPSA) is 95.1 Å². The molecule has 0 spiro atoms. The molecule has 0 saturated carbocycles. The molecule has 0 aliphatic heterocycles. The van der Waals surface area contributed by atoms with Gasteiger partial charge in [-0.05, 0) is 40.4 Å². The molecule has 0 bridgehead atoms. The summed E-state index contributed by atoms with van der Waals surface area (Å²) in [5.74, 6) is 0.605. The lowest BCUT2D eigenvalue weighted by molar-refractivity contribution is 0.282. The molecule has 3 N–H and O–H groups in total. The average Bonchev–Trinajstić information content (AvgIpc) is 3.40. The third-order valence-corrected chi connectivity index (χ3v) is 8.44. The molecule has 1 aromatic carbocycles. The summed E-state index contributed by atoms with van der Waals surface area (Å²) in [5, 5.41) is 12.9. The van der Waals surface area contributed by atoms with Gasteiger partial charge in [-0.25, -0.2) is 9.97 Å². The largest absolute Gasteiger partial charge is 0.611 e. The summed E-state index contributed by atoms with van der Waals surface area (Å²) in [7, 11) is 0. The summed E-state index contributed by atoms with van der Waals surface area (Å²) in [6, 6.07) is 9.73. The zero-order chi connectivity index (χ0) is 20.4. The van der Waals surface area contributed by atoms with E-state index in [4.69, 9.17) is 10.7 Å². The van der Waals surface area contributed by atoms with E-state index in [1.807, 2.05) is 35.7 Å². The van der Waals surface area contributed by atoms with Crippen LogP contribution in [-0.4, -0.2) is 25.4 Å². The number of fused-ring (bicyclic) bond motifs is 1. The smallest absolute Gasteiger partial charge is 0.232 e. The SMILES string of the molecule is CCCC[S+]([O-])c1sc2nc(-c3nccs3)cc(-c3ccc(CO)cc3)c2c1N. The predicted octanol–water partition coefficient (Wildman–Crippen LogP) is 5.07. The molecule has 4 rings (SSSR count). The second-order valence-electron chi connectivity index (χ2n) is 6.63. The number of unbranched alkanes of at least 4 members (excludes halogenated alkanes) is 1. The standard InChI is InChI=1S/C21H21N3O2S3/c1-2-3-10-29(26)21-18(22)17-15(14-6-4-13(12-25)5-7-14)11-16(24-20(17)28-21)19-23-8-9-27-19/h4-9,11,25H,2-3,10,12,22H2,1H3. The molecule has 0 aliphatic rings. The van der Waals surface area contributed by atoms with E-state index in [-0.39, 0.29) is 6.61 Å². The van der Waals surface area contributed by atoms with Crippen molar-refractivity contribution >= 4 is 49.8 Å². The molecule has 8 heteroatoms. The van der Waals surface area contributed by atoms with Gasteiger partial charge < -0.3 is 15.4 Å². The Labute approximate surface area is 180 Å². The van der Waals surface area contributed by atoms with Crippen molar-refractivity contribution < 1.29 is 9.66 Å². The highest BCUT2D eigenvalue weighted by atomic mass is 32.2. The monoisotopic (exact) mass is 443 g/mol. The lowest BCUT2D eigenvalue weighted by Crippen LogP contribution is -2.06. The molecule has 1 unspecified atom stereocenters. The van der Waals surface area contributed by atoms with E-state index in [1.165, 1.54) is 22.7 Å². The van der Waals surface area contributed by atoms with Crippen LogP contribution in [0.15, 0.2) is 46.1 Å². The number of thiazole rings is 1. The maximum absolute atomic E-state index is 12.8. The number of nitrogen functional groups attached to an aromatic ring is 1. The first-order chi connectivity index (χ1) is 14.1. The third-order valence-electron chi connectivity index (χ3n) is 4.65. The predicted molar refractivity (Wildman–Crippen MR) is 123 cm³/mol. The Morgan fingerprint density at radius 3 is 2.69 bits per heavy atom. The summed E-state index contributed by atoms with van der Waals surface area (Å²) in [6.45, 7) is 2.08. The highest BCUT2D eigenvalue weighted by Gasteiger charge is 2.25. The molecule has 0 radical (unpaired) electrons. The normalized spacial score (nSPS) is 12.5. The molecule has 3 heterocycles. The molecule has 4 aromatic rings. The zero-order valence-electron chi connectivity index (χ0n) is 15.9. The van der Waals surface area contributed by atoms with Crippen molar-refractivity contribution in [3.8, 4) is 21.8 Å². The molecule has 150 valence electrons. The van der Waals surface area contributed by atoms with Crippen molar-refractivity contribution in [1.82, 2.24) is 9.97 Å². The van der Waals surface area contributed by atoms with Gasteiger partial charge in [-0.3, -0.25) is 0 Å². The molecular weight excluding hydrogens is 422 g/mol. The van der Waals surface area contributed by atoms with Crippen molar-refractivity contribution in [3.63, 3.8) is 0 Å². The van der Waals surface area contributed by atoms with Crippen molar-refractivity contribution in [2.75, 3.05) is 11.5 Å². The van der Waals surface area contributed by atoms with E-state index < -0.39 is 11.2 Å². The number of hydrogen-bond donors (Lipinski definition) is 2. The number of aromatic nitrogens is 2. The van der Waals surface area contributed by atoms with Crippen molar-refractivity contribution in [2.24, 2.45) is 0 Å². The fraction of sp³-hybridized carbons (Fsp3) is 0.238. The van der Waals surface area contributed by atoms with Crippen molar-refractivity contribution in [3.05, 3.63) is 47.5 Å². The maximum Gasteiger partial charge on any atom is 0.232 e. The van der Waals surface area contributed by atoms with Crippen LogP contribution >= 0.6 is 22.7 Å². The molecule has 0 aliphatic carbocycles. The summed E-state index contributed by atoms with van der Waals surface area (Å²) in [6.07, 6.45) is 3.65. The highest BCUT2D eigenvalue weighted by molar-refractivity contribution is 7.93. The van der Waals surface area contributed by atoms with E-state index in [0.717, 1.165) is 50.5 Å². The molecular formula is C21H21N3O2S3. The minimum atomic E-state index is -1.13. The zero-order valence-corrected chi connectivity index (χ0v) is 18.4. The number of aliphatic hydroxyl groups is 1. The van der Waals surface area contributed by atoms with Crippen LogP contribution < -0.4 is 5.73 Å². The molecule has 0 amide bonds. The Morgan fingerprint density at radius 2 is 2.03 bits per heavy atom. The van der Waals surface area contributed by atoms with Gasteiger partial charge in [0.2, 0.25) is 4.21 Å². The van der Waals surface area contributed by atoms with Crippen LogP contribution in [-0.2, 0) is 17.8 Å². The molecule has 29 heavy (non-hydrogen) atoms. The Morgan fingerprint density at radius 1 is 1.24 bits per heavy atom. The Balaban J connectivity index is 1.91. The van der Waals surface area contributed by atoms with Gasteiger partial charge in [0.25, 0.3) is 0 Å². The second kappa shape index (κ2) is 8.81. The second-order valence-corrected chi connectivity index (χ2v) is 10.3. The highest BCUT2D eigenvalue weighted by Crippen LogP contribution is 2.43. The average molecular weight is 444 g/mol. The number of pyridine rings is 1. The van der Waals surface area contributed by atoms with Crippen molar-refractivity contribution in [1.29, 1.82) is 0 Å². The number of thiophene rings is 1. The summed E-state index contributed by atoms with van der Waals surface area (Å²) in [5.41, 5.74) is 10.6. The van der Waals surface area contributed by atoms with E-state index >= 15 is 0 Å². The first-order valence-corrected chi connectivity index (χ1v) is 12.3. The number of aliphatic hydroxyl groups excluding tert-OH is 1. The van der Waals surface area contributed by atoms with Crippen LogP contribution in [0.2, 0.25) is 0 Å². The summed E-state index contributed by atoms with van der Waals surface area (Å²) < 4.78 is 13.5. The Hall–Kier alpha value is -1.97. The van der Waals surface area contributed by atoms with Gasteiger partial charge in [-0.1, -0.05) is 48.9 Å². The first kappa shape index (κ1) is 20.3. The van der Waals surface area contributed by atoms with Gasteiger partial charge in [0, 0.05) is 17.0 Å². The minimum absolute atomic E-state index is 0.00243. The fourth-order valence-corrected chi connectivity index (χ4v) is 6.51. The van der Waals surface area contributed by atoms with E-state index in [2.05, 4.69) is 11.9 Å². The number of hydrogen-bond acceptors (Lipinski definition) is 7. The van der Waals surface area contributed by atoms with Crippen LogP contribution in [0.25, 0.3) is 32.0 Å². The van der Waals surface area contributed by atoms with Gasteiger partial charge in [0.05, 0.1) is 6.61 Å². The van der Waals surface area contributed by atoms with E-state index in [1.54, 1.807) is 6.20 Å². The van der Waals surface area contributed by atoms with Gasteiger partial charge in [0.1, 0.15) is 27.0 Å². The van der Waals surface area contributed by atoms with Crippen LogP contribution in [0.1, 0.15) is 25.3 Å². The van der Waals surface area contributed by atoms with Crippen LogP contribution in [0.4, 0.5) is 5.69 Å². The van der Waals surface area contributed by atoms with Gasteiger partial charge >= 0.3 is 0 Å². The Bertz CT molecular complexity index is 1110. The van der Waals surface area contributed by atoms with Crippen molar-refractivity contribution in [2.45, 2.75) is 30.6 Å². The summed E-state index contributed by atoms with van der Waals surface area (Å²) >= 11 is 1.81. The van der Waals surface area contributed by atoms with Gasteiger partial charge in [0.15, 0.2) is 0 Å². The molecule has 5 nitrogen and oxygen atoms in total. The molecule has 1 atom stereocenters. The quantitative estimate of drug-likeness (QED) is 0.389. The number of benzene rings is 1. The number of rotatable bonds is 7. The van der Waals surface area contributed by atoms with E-state index in [0.29, 0.717) is 15.6 Å². The van der Waals surface area contributed by atoms with Gasteiger partial charge in [-0.2, -0.15) is 0 Å². The maximum atomic E-state index is 12.8. The van der Waals surface area contributed by atoms with Gasteiger partial charge in [-0.15, -0.1) is 11.3 Å². The van der Waals surface area contributed by atoms with Crippen LogP contribution in [0.5, 0.6) is 0 Å². The molecule has 0 saturated heterocycles. The minimum Gasteiger partial charge on any atom is -0.611 e. The lowest BCUT2D eigenvalue weighted by atomic mass is 10.0. The lowest BCUT2D eigenvalue weighted by Gasteiger charge is -2.09. The fourth-order valence-electron chi connectivity index (χ4n) is 3.11. The number of nitrogens with zero attached hydrogens (tertiary/aromatic N) is 2. The molecule has 0 fully saturated rings. The third kappa shape index (κ3) is 4.04. The van der Waals surface area contributed by atoms with Crippen LogP contribution in [0.3, 0.4) is 0 Å². The number of anilines is 1.